The van der Waals surface area contributed by atoms with E-state index in [1.165, 1.54) is 5.69 Å². The molecule has 2 heterocycles. The molecule has 1 aromatic carbocycles. The number of aromatic nitrogens is 2. The molecule has 24 heavy (non-hydrogen) atoms. The van der Waals surface area contributed by atoms with E-state index >= 15 is 0 Å². The first-order chi connectivity index (χ1) is 11.6. The lowest BCUT2D eigenvalue weighted by Gasteiger charge is -2.26. The Bertz CT molecular complexity index is 726. The van der Waals surface area contributed by atoms with Crippen molar-refractivity contribution in [3.8, 4) is 5.75 Å². The Morgan fingerprint density at radius 3 is 2.96 bits per heavy atom. The lowest BCUT2D eigenvalue weighted by Crippen LogP contribution is -2.36. The minimum atomic E-state index is -0.402. The third kappa shape index (κ3) is 3.43. The average molecular weight is 328 g/mol. The van der Waals surface area contributed by atoms with Crippen LogP contribution in [0.2, 0.25) is 0 Å². The zero-order chi connectivity index (χ0) is 17.1. The van der Waals surface area contributed by atoms with Crippen molar-refractivity contribution in [1.29, 1.82) is 0 Å². The van der Waals surface area contributed by atoms with Gasteiger partial charge in [-0.05, 0) is 37.1 Å². The largest absolute Gasteiger partial charge is 0.478 e. The number of hydrogen-bond donors (Lipinski definition) is 2. The van der Waals surface area contributed by atoms with E-state index in [1.54, 1.807) is 0 Å². The number of rotatable bonds is 6. The van der Waals surface area contributed by atoms with Crippen LogP contribution in [0.1, 0.15) is 37.6 Å². The molecule has 128 valence electrons. The Kier molecular flexibility index (Phi) is 4.85. The van der Waals surface area contributed by atoms with Crippen LogP contribution in [-0.2, 0) is 18.3 Å². The van der Waals surface area contributed by atoms with Crippen molar-refractivity contribution in [2.75, 3.05) is 11.9 Å². The second kappa shape index (κ2) is 7.05. The quantitative estimate of drug-likeness (QED) is 0.854. The van der Waals surface area contributed by atoms with Crippen LogP contribution >= 0.6 is 0 Å². The Morgan fingerprint density at radius 2 is 2.25 bits per heavy atom. The van der Waals surface area contributed by atoms with Crippen LogP contribution in [0.25, 0.3) is 0 Å². The smallest absolute Gasteiger partial charge is 0.265 e. The second-order valence-electron chi connectivity index (χ2n) is 6.13. The van der Waals surface area contributed by atoms with Gasteiger partial charge in [-0.3, -0.25) is 9.48 Å². The summed E-state index contributed by atoms with van der Waals surface area (Å²) in [5.74, 6) is 0.680. The topological polar surface area (TPSA) is 68.2 Å². The van der Waals surface area contributed by atoms with Gasteiger partial charge in [0.05, 0.1) is 5.69 Å². The molecular formula is C18H24N4O2. The Morgan fingerprint density at radius 1 is 1.42 bits per heavy atom. The number of hydrogen-bond acceptors (Lipinski definition) is 4. The van der Waals surface area contributed by atoms with Crippen LogP contribution in [-0.4, -0.2) is 28.3 Å². The van der Waals surface area contributed by atoms with Crippen molar-refractivity contribution in [3.63, 3.8) is 0 Å². The number of amides is 1. The van der Waals surface area contributed by atoms with Crippen molar-refractivity contribution in [3.05, 3.63) is 41.7 Å². The third-order valence-corrected chi connectivity index (χ3v) is 4.45. The van der Waals surface area contributed by atoms with Gasteiger partial charge in [0.15, 0.2) is 6.10 Å². The number of nitrogens with one attached hydrogen (secondary N) is 2. The molecule has 6 nitrogen and oxygen atoms in total. The Labute approximate surface area is 142 Å². The lowest BCUT2D eigenvalue weighted by molar-refractivity contribution is -0.123. The second-order valence-corrected chi connectivity index (χ2v) is 6.13. The molecule has 3 rings (SSSR count). The molecular weight excluding hydrogens is 304 g/mol. The highest BCUT2D eigenvalue weighted by molar-refractivity contribution is 5.97. The van der Waals surface area contributed by atoms with Crippen molar-refractivity contribution in [2.45, 2.75) is 38.8 Å². The highest BCUT2D eigenvalue weighted by atomic mass is 16.5. The SMILES string of the molecule is CC[C@H]1Oc2cc([C@@H](C)NCCc3ccnn3C)ccc2NC1=O. The zero-order valence-corrected chi connectivity index (χ0v) is 14.4. The third-order valence-electron chi connectivity index (χ3n) is 4.45. The number of nitrogens with zero attached hydrogens (tertiary/aromatic N) is 2. The van der Waals surface area contributed by atoms with Crippen LogP contribution in [0.4, 0.5) is 5.69 Å². The molecule has 0 aliphatic carbocycles. The van der Waals surface area contributed by atoms with Crippen LogP contribution in [0.3, 0.4) is 0 Å². The van der Waals surface area contributed by atoms with Crippen LogP contribution in [0.15, 0.2) is 30.5 Å². The average Bonchev–Trinajstić information content (AvgIpc) is 2.99. The molecule has 1 aliphatic heterocycles. The molecule has 0 fully saturated rings. The number of benzene rings is 1. The molecule has 2 atom stereocenters. The number of aryl methyl sites for hydroxylation is 1. The molecule has 1 amide bonds. The molecule has 0 bridgehead atoms. The van der Waals surface area contributed by atoms with E-state index in [2.05, 4.69) is 22.7 Å². The van der Waals surface area contributed by atoms with E-state index in [1.807, 2.05) is 49.1 Å². The maximum absolute atomic E-state index is 11.8. The summed E-state index contributed by atoms with van der Waals surface area (Å²) in [5, 5.41) is 10.6. The molecule has 0 saturated heterocycles. The van der Waals surface area contributed by atoms with Crippen molar-refractivity contribution < 1.29 is 9.53 Å². The standard InChI is InChI=1S/C18H24N4O2/c1-4-16-18(23)21-15-6-5-13(11-17(15)24-16)12(2)19-9-7-14-8-10-20-22(14)3/h5-6,8,10-12,16,19H,4,7,9H2,1-3H3,(H,21,23)/t12-,16-/m1/s1. The predicted molar refractivity (Wildman–Crippen MR) is 93.1 cm³/mol. The van der Waals surface area contributed by atoms with E-state index in [0.717, 1.165) is 30.0 Å². The van der Waals surface area contributed by atoms with Crippen LogP contribution in [0, 0.1) is 0 Å². The summed E-state index contributed by atoms with van der Waals surface area (Å²) in [4.78, 5) is 11.8. The van der Waals surface area contributed by atoms with E-state index < -0.39 is 6.10 Å². The molecule has 0 spiro atoms. The Balaban J connectivity index is 1.62. The first-order valence-corrected chi connectivity index (χ1v) is 8.40. The van der Waals surface area contributed by atoms with Gasteiger partial charge in [0.25, 0.3) is 5.91 Å². The molecule has 0 saturated carbocycles. The summed E-state index contributed by atoms with van der Waals surface area (Å²) in [6.45, 7) is 4.94. The summed E-state index contributed by atoms with van der Waals surface area (Å²) in [7, 11) is 1.96. The number of carbonyl (C=O) groups excluding carboxylic acids is 1. The lowest BCUT2D eigenvalue weighted by atomic mass is 10.1. The van der Waals surface area contributed by atoms with E-state index in [-0.39, 0.29) is 11.9 Å². The van der Waals surface area contributed by atoms with Gasteiger partial charge in [-0.15, -0.1) is 0 Å². The fraction of sp³-hybridized carbons (Fsp3) is 0.444. The molecule has 0 unspecified atom stereocenters. The molecule has 0 radical (unpaired) electrons. The van der Waals surface area contributed by atoms with Crippen LogP contribution < -0.4 is 15.4 Å². The summed E-state index contributed by atoms with van der Waals surface area (Å²) >= 11 is 0. The predicted octanol–water partition coefficient (Wildman–Crippen LogP) is 2.42. The van der Waals surface area contributed by atoms with Gasteiger partial charge in [0.1, 0.15) is 5.75 Å². The van der Waals surface area contributed by atoms with Gasteiger partial charge in [-0.1, -0.05) is 13.0 Å². The zero-order valence-electron chi connectivity index (χ0n) is 14.4. The summed E-state index contributed by atoms with van der Waals surface area (Å²) in [6.07, 6.45) is 3.00. The number of anilines is 1. The van der Waals surface area contributed by atoms with Crippen molar-refractivity contribution in [2.24, 2.45) is 7.05 Å². The van der Waals surface area contributed by atoms with Crippen LogP contribution in [0.5, 0.6) is 5.75 Å². The summed E-state index contributed by atoms with van der Waals surface area (Å²) in [6, 6.07) is 8.18. The van der Waals surface area contributed by atoms with Gasteiger partial charge in [-0.25, -0.2) is 0 Å². The van der Waals surface area contributed by atoms with Gasteiger partial charge in [0, 0.05) is 37.9 Å². The van der Waals surface area contributed by atoms with E-state index in [9.17, 15) is 4.79 Å². The monoisotopic (exact) mass is 328 g/mol. The Hall–Kier alpha value is -2.34. The minimum absolute atomic E-state index is 0.0694. The van der Waals surface area contributed by atoms with Crippen molar-refractivity contribution >= 4 is 11.6 Å². The van der Waals surface area contributed by atoms with Gasteiger partial charge < -0.3 is 15.4 Å². The first kappa shape index (κ1) is 16.5. The highest BCUT2D eigenvalue weighted by Crippen LogP contribution is 2.32. The summed E-state index contributed by atoms with van der Waals surface area (Å²) in [5.41, 5.74) is 3.09. The maximum Gasteiger partial charge on any atom is 0.265 e. The molecule has 2 aromatic rings. The number of carbonyl (C=O) groups is 1. The van der Waals surface area contributed by atoms with Crippen molar-refractivity contribution in [1.82, 2.24) is 15.1 Å². The highest BCUT2D eigenvalue weighted by Gasteiger charge is 2.26. The number of fused-ring (bicyclic) bond motifs is 1. The fourth-order valence-electron chi connectivity index (χ4n) is 2.88. The maximum atomic E-state index is 11.8. The normalized spacial score (nSPS) is 17.8. The fourth-order valence-corrected chi connectivity index (χ4v) is 2.88. The summed E-state index contributed by atoms with van der Waals surface area (Å²) < 4.78 is 7.71. The molecule has 6 heteroatoms. The molecule has 1 aromatic heterocycles. The number of ether oxygens (including phenoxy) is 1. The molecule has 1 aliphatic rings. The first-order valence-electron chi connectivity index (χ1n) is 8.40. The van der Waals surface area contributed by atoms with E-state index in [0.29, 0.717) is 6.42 Å². The molecule has 2 N–H and O–H groups in total. The van der Waals surface area contributed by atoms with Gasteiger partial charge in [-0.2, -0.15) is 5.10 Å². The minimum Gasteiger partial charge on any atom is -0.478 e. The van der Waals surface area contributed by atoms with E-state index in [4.69, 9.17) is 4.74 Å². The van der Waals surface area contributed by atoms with Gasteiger partial charge >= 0.3 is 0 Å². The van der Waals surface area contributed by atoms with Gasteiger partial charge in [0.2, 0.25) is 0 Å².